The molecule has 3 atom stereocenters. The first-order chi connectivity index (χ1) is 7.29. The molecule has 88 valence electrons. The second-order valence-corrected chi connectivity index (χ2v) is 4.60. The van der Waals surface area contributed by atoms with E-state index in [0.29, 0.717) is 19.3 Å². The normalized spacial score (nSPS) is 38.4. The molecule has 0 aromatic carbocycles. The van der Waals surface area contributed by atoms with Crippen molar-refractivity contribution in [1.82, 2.24) is 4.90 Å². The molecule has 2 heterocycles. The van der Waals surface area contributed by atoms with E-state index in [1.807, 2.05) is 0 Å². The van der Waals surface area contributed by atoms with Crippen LogP contribution in [0.5, 0.6) is 0 Å². The molecule has 1 N–H and O–H groups in total. The standard InChI is InChI=1S/C11H21NO3/c1-14-10-2-4-12(7-10)6-9-8-15-5-3-11(9)13/h9-11,13H,2-8H2,1H3. The van der Waals surface area contributed by atoms with Gasteiger partial charge in [-0.05, 0) is 12.8 Å². The van der Waals surface area contributed by atoms with Gasteiger partial charge in [0.15, 0.2) is 0 Å². The zero-order valence-corrected chi connectivity index (χ0v) is 9.39. The summed E-state index contributed by atoms with van der Waals surface area (Å²) in [5.41, 5.74) is 0. The third-order valence-electron chi connectivity index (χ3n) is 3.49. The van der Waals surface area contributed by atoms with Gasteiger partial charge >= 0.3 is 0 Å². The van der Waals surface area contributed by atoms with E-state index in [4.69, 9.17) is 9.47 Å². The Morgan fingerprint density at radius 3 is 3.00 bits per heavy atom. The molecule has 3 unspecified atom stereocenters. The fourth-order valence-electron chi connectivity index (χ4n) is 2.45. The average molecular weight is 215 g/mol. The summed E-state index contributed by atoms with van der Waals surface area (Å²) < 4.78 is 10.7. The molecule has 0 aromatic heterocycles. The highest BCUT2D eigenvalue weighted by atomic mass is 16.5. The van der Waals surface area contributed by atoms with E-state index >= 15 is 0 Å². The summed E-state index contributed by atoms with van der Waals surface area (Å²) in [5.74, 6) is 0.286. The Kier molecular flexibility index (Phi) is 3.97. The van der Waals surface area contributed by atoms with Gasteiger partial charge < -0.3 is 19.5 Å². The van der Waals surface area contributed by atoms with Crippen molar-refractivity contribution in [1.29, 1.82) is 0 Å². The highest BCUT2D eigenvalue weighted by Crippen LogP contribution is 2.19. The van der Waals surface area contributed by atoms with E-state index in [0.717, 1.165) is 32.5 Å². The number of aliphatic hydroxyl groups is 1. The van der Waals surface area contributed by atoms with E-state index in [1.165, 1.54) is 0 Å². The summed E-state index contributed by atoms with van der Waals surface area (Å²) in [6.45, 7) is 4.44. The lowest BCUT2D eigenvalue weighted by Crippen LogP contribution is -2.40. The van der Waals surface area contributed by atoms with Crippen LogP contribution in [0.3, 0.4) is 0 Å². The summed E-state index contributed by atoms with van der Waals surface area (Å²) in [7, 11) is 1.77. The van der Waals surface area contributed by atoms with Crippen molar-refractivity contribution in [2.45, 2.75) is 25.0 Å². The van der Waals surface area contributed by atoms with Crippen molar-refractivity contribution in [2.75, 3.05) is 40.0 Å². The molecule has 0 bridgehead atoms. The second kappa shape index (κ2) is 5.25. The summed E-state index contributed by atoms with van der Waals surface area (Å²) in [5, 5.41) is 9.81. The van der Waals surface area contributed by atoms with Crippen LogP contribution in [0, 0.1) is 5.92 Å². The third kappa shape index (κ3) is 2.91. The number of methoxy groups -OCH3 is 1. The van der Waals surface area contributed by atoms with Crippen LogP contribution < -0.4 is 0 Å². The van der Waals surface area contributed by atoms with Gasteiger partial charge in [-0.25, -0.2) is 0 Å². The number of hydrogen-bond donors (Lipinski definition) is 1. The lowest BCUT2D eigenvalue weighted by atomic mass is 9.98. The Bertz CT molecular complexity index is 200. The van der Waals surface area contributed by atoms with Crippen LogP contribution in [-0.4, -0.2) is 62.2 Å². The van der Waals surface area contributed by atoms with Gasteiger partial charge in [-0.2, -0.15) is 0 Å². The highest BCUT2D eigenvalue weighted by Gasteiger charge is 2.29. The summed E-state index contributed by atoms with van der Waals surface area (Å²) in [6, 6.07) is 0. The van der Waals surface area contributed by atoms with Gasteiger partial charge in [0, 0.05) is 39.3 Å². The van der Waals surface area contributed by atoms with Gasteiger partial charge in [-0.3, -0.25) is 0 Å². The Morgan fingerprint density at radius 1 is 1.47 bits per heavy atom. The first-order valence-electron chi connectivity index (χ1n) is 5.80. The molecule has 0 amide bonds. The third-order valence-corrected chi connectivity index (χ3v) is 3.49. The molecule has 0 aliphatic carbocycles. The minimum atomic E-state index is -0.180. The largest absolute Gasteiger partial charge is 0.393 e. The van der Waals surface area contributed by atoms with Crippen molar-refractivity contribution in [3.8, 4) is 0 Å². The fraction of sp³-hybridized carbons (Fsp3) is 1.00. The molecule has 2 fully saturated rings. The van der Waals surface area contributed by atoms with Gasteiger partial charge in [-0.1, -0.05) is 0 Å². The number of rotatable bonds is 3. The Hall–Kier alpha value is -0.160. The molecule has 0 saturated carbocycles. The van der Waals surface area contributed by atoms with Crippen LogP contribution in [-0.2, 0) is 9.47 Å². The van der Waals surface area contributed by atoms with Gasteiger partial charge in [0.25, 0.3) is 0 Å². The van der Waals surface area contributed by atoms with E-state index in [1.54, 1.807) is 7.11 Å². The smallest absolute Gasteiger partial charge is 0.0710 e. The molecule has 2 aliphatic heterocycles. The number of aliphatic hydroxyl groups excluding tert-OH is 1. The molecule has 0 radical (unpaired) electrons. The first-order valence-corrected chi connectivity index (χ1v) is 5.80. The quantitative estimate of drug-likeness (QED) is 0.725. The van der Waals surface area contributed by atoms with Crippen molar-refractivity contribution in [3.05, 3.63) is 0 Å². The molecule has 2 aliphatic rings. The molecule has 2 rings (SSSR count). The SMILES string of the molecule is COC1CCN(CC2COCCC2O)C1. The van der Waals surface area contributed by atoms with E-state index in [9.17, 15) is 5.11 Å². The Balaban J connectivity index is 1.76. The van der Waals surface area contributed by atoms with Gasteiger partial charge in [0.2, 0.25) is 0 Å². The molecule has 0 aromatic rings. The minimum Gasteiger partial charge on any atom is -0.393 e. The van der Waals surface area contributed by atoms with E-state index in [2.05, 4.69) is 4.90 Å². The number of nitrogens with zero attached hydrogens (tertiary/aromatic N) is 1. The lowest BCUT2D eigenvalue weighted by molar-refractivity contribution is -0.0457. The topological polar surface area (TPSA) is 41.9 Å². The molecular formula is C11H21NO3. The van der Waals surface area contributed by atoms with Gasteiger partial charge in [0.1, 0.15) is 0 Å². The monoisotopic (exact) mass is 215 g/mol. The predicted molar refractivity (Wildman–Crippen MR) is 56.8 cm³/mol. The number of ether oxygens (including phenoxy) is 2. The number of likely N-dealkylation sites (tertiary alicyclic amines) is 1. The fourth-order valence-corrected chi connectivity index (χ4v) is 2.45. The van der Waals surface area contributed by atoms with E-state index < -0.39 is 0 Å². The highest BCUT2D eigenvalue weighted by molar-refractivity contribution is 4.81. The Morgan fingerprint density at radius 2 is 2.33 bits per heavy atom. The van der Waals surface area contributed by atoms with Gasteiger partial charge in [0.05, 0.1) is 18.8 Å². The predicted octanol–water partition coefficient (Wildman–Crippen LogP) is 0.104. The lowest BCUT2D eigenvalue weighted by Gasteiger charge is -2.31. The Labute approximate surface area is 91.2 Å². The van der Waals surface area contributed by atoms with Crippen LogP contribution >= 0.6 is 0 Å². The summed E-state index contributed by atoms with van der Waals surface area (Å²) in [4.78, 5) is 2.37. The van der Waals surface area contributed by atoms with Crippen molar-refractivity contribution >= 4 is 0 Å². The maximum atomic E-state index is 9.81. The zero-order chi connectivity index (χ0) is 10.7. The van der Waals surface area contributed by atoms with Crippen molar-refractivity contribution < 1.29 is 14.6 Å². The first kappa shape index (κ1) is 11.3. The van der Waals surface area contributed by atoms with E-state index in [-0.39, 0.29) is 12.0 Å². The maximum Gasteiger partial charge on any atom is 0.0710 e. The molecular weight excluding hydrogens is 194 g/mol. The molecule has 4 nitrogen and oxygen atoms in total. The molecule has 2 saturated heterocycles. The molecule has 4 heteroatoms. The summed E-state index contributed by atoms with van der Waals surface area (Å²) in [6.07, 6.45) is 2.10. The van der Waals surface area contributed by atoms with Gasteiger partial charge in [-0.15, -0.1) is 0 Å². The van der Waals surface area contributed by atoms with Crippen LogP contribution in [0.15, 0.2) is 0 Å². The van der Waals surface area contributed by atoms with Crippen LogP contribution in [0.4, 0.5) is 0 Å². The van der Waals surface area contributed by atoms with Crippen LogP contribution in [0.2, 0.25) is 0 Å². The second-order valence-electron chi connectivity index (χ2n) is 4.60. The molecule has 0 spiro atoms. The molecule has 15 heavy (non-hydrogen) atoms. The van der Waals surface area contributed by atoms with Crippen molar-refractivity contribution in [3.63, 3.8) is 0 Å². The average Bonchev–Trinajstić information content (AvgIpc) is 2.69. The van der Waals surface area contributed by atoms with Crippen LogP contribution in [0.1, 0.15) is 12.8 Å². The summed E-state index contributed by atoms with van der Waals surface area (Å²) >= 11 is 0. The number of hydrogen-bond acceptors (Lipinski definition) is 4. The van der Waals surface area contributed by atoms with Crippen LogP contribution in [0.25, 0.3) is 0 Å². The zero-order valence-electron chi connectivity index (χ0n) is 9.39. The maximum absolute atomic E-state index is 9.81. The minimum absolute atomic E-state index is 0.180. The van der Waals surface area contributed by atoms with Crippen molar-refractivity contribution in [2.24, 2.45) is 5.92 Å².